The summed E-state index contributed by atoms with van der Waals surface area (Å²) in [4.78, 5) is 2.54. The molecule has 2 nitrogen and oxygen atoms in total. The highest BCUT2D eigenvalue weighted by atomic mass is 35.5. The Hall–Kier alpha value is 0.500. The lowest BCUT2D eigenvalue weighted by atomic mass is 10.0. The number of nitrogens with two attached hydrogens (primary N) is 1. The Morgan fingerprint density at radius 2 is 1.77 bits per heavy atom. The maximum Gasteiger partial charge on any atom is 0.00643 e. The van der Waals surface area contributed by atoms with E-state index in [-0.39, 0.29) is 24.8 Å². The number of likely N-dealkylation sites (tertiary alicyclic amines) is 1. The fourth-order valence-electron chi connectivity index (χ4n) is 1.62. The minimum atomic E-state index is 0. The van der Waals surface area contributed by atoms with Crippen LogP contribution in [0.15, 0.2) is 0 Å². The SMILES string of the molecule is CCC(C)N1CCC(N)CC1.Cl.Cl. The number of rotatable bonds is 2. The first-order chi connectivity index (χ1) is 5.24. The number of piperidine rings is 1. The Bertz CT molecular complexity index is 114. The predicted molar refractivity (Wildman–Crippen MR) is 63.0 cm³/mol. The van der Waals surface area contributed by atoms with E-state index >= 15 is 0 Å². The number of hydrogen-bond acceptors (Lipinski definition) is 2. The predicted octanol–water partition coefficient (Wildman–Crippen LogP) is 2.05. The van der Waals surface area contributed by atoms with Crippen LogP contribution >= 0.6 is 24.8 Å². The van der Waals surface area contributed by atoms with Crippen LogP contribution in [0.25, 0.3) is 0 Å². The maximum absolute atomic E-state index is 5.81. The van der Waals surface area contributed by atoms with E-state index in [1.54, 1.807) is 0 Å². The average molecular weight is 229 g/mol. The molecule has 1 aliphatic rings. The van der Waals surface area contributed by atoms with Gasteiger partial charge in [0.05, 0.1) is 0 Å². The van der Waals surface area contributed by atoms with Crippen molar-refractivity contribution in [3.8, 4) is 0 Å². The highest BCUT2D eigenvalue weighted by molar-refractivity contribution is 5.85. The van der Waals surface area contributed by atoms with Gasteiger partial charge in [-0.3, -0.25) is 0 Å². The third-order valence-electron chi connectivity index (χ3n) is 2.79. The standard InChI is InChI=1S/C9H20N2.2ClH/c1-3-8(2)11-6-4-9(10)5-7-11;;/h8-9H,3-7,10H2,1-2H3;2*1H. The van der Waals surface area contributed by atoms with Gasteiger partial charge in [-0.15, -0.1) is 24.8 Å². The molecule has 4 heteroatoms. The molecule has 1 rings (SSSR count). The molecular formula is C9H22Cl2N2. The van der Waals surface area contributed by atoms with E-state index in [0.29, 0.717) is 6.04 Å². The van der Waals surface area contributed by atoms with Crippen molar-refractivity contribution in [2.75, 3.05) is 13.1 Å². The minimum absolute atomic E-state index is 0. The van der Waals surface area contributed by atoms with E-state index in [0.717, 1.165) is 6.04 Å². The lowest BCUT2D eigenvalue weighted by Gasteiger charge is -2.34. The van der Waals surface area contributed by atoms with Crippen LogP contribution in [0, 0.1) is 0 Å². The third-order valence-corrected chi connectivity index (χ3v) is 2.79. The molecule has 1 heterocycles. The highest BCUT2D eigenvalue weighted by Crippen LogP contribution is 2.12. The monoisotopic (exact) mass is 228 g/mol. The van der Waals surface area contributed by atoms with E-state index in [1.165, 1.54) is 32.4 Å². The Morgan fingerprint density at radius 1 is 1.31 bits per heavy atom. The van der Waals surface area contributed by atoms with E-state index in [4.69, 9.17) is 5.73 Å². The molecule has 1 fully saturated rings. The van der Waals surface area contributed by atoms with Gasteiger partial charge >= 0.3 is 0 Å². The molecule has 0 bridgehead atoms. The Kier molecular flexibility index (Phi) is 9.65. The molecule has 1 atom stereocenters. The Balaban J connectivity index is 0. The second kappa shape index (κ2) is 7.86. The van der Waals surface area contributed by atoms with Crippen molar-refractivity contribution in [2.45, 2.75) is 45.2 Å². The number of hydrogen-bond donors (Lipinski definition) is 1. The van der Waals surface area contributed by atoms with Crippen molar-refractivity contribution >= 4 is 24.8 Å². The molecule has 0 aromatic heterocycles. The first-order valence-corrected chi connectivity index (χ1v) is 4.73. The van der Waals surface area contributed by atoms with Crippen molar-refractivity contribution in [2.24, 2.45) is 5.73 Å². The van der Waals surface area contributed by atoms with Gasteiger partial charge in [0, 0.05) is 12.1 Å². The summed E-state index contributed by atoms with van der Waals surface area (Å²) in [5.41, 5.74) is 5.81. The van der Waals surface area contributed by atoms with E-state index < -0.39 is 0 Å². The van der Waals surface area contributed by atoms with Crippen molar-refractivity contribution in [3.05, 3.63) is 0 Å². The largest absolute Gasteiger partial charge is 0.328 e. The van der Waals surface area contributed by atoms with Gasteiger partial charge in [0.1, 0.15) is 0 Å². The van der Waals surface area contributed by atoms with Crippen molar-refractivity contribution in [3.63, 3.8) is 0 Å². The van der Waals surface area contributed by atoms with E-state index in [1.807, 2.05) is 0 Å². The minimum Gasteiger partial charge on any atom is -0.328 e. The molecule has 0 spiro atoms. The van der Waals surface area contributed by atoms with Gasteiger partial charge in [0.25, 0.3) is 0 Å². The van der Waals surface area contributed by atoms with Crippen LogP contribution in [0.3, 0.4) is 0 Å². The molecule has 1 saturated heterocycles. The summed E-state index contributed by atoms with van der Waals surface area (Å²) < 4.78 is 0. The zero-order valence-electron chi connectivity index (χ0n) is 8.53. The number of halogens is 2. The molecule has 13 heavy (non-hydrogen) atoms. The van der Waals surface area contributed by atoms with Crippen LogP contribution < -0.4 is 5.73 Å². The smallest absolute Gasteiger partial charge is 0.00643 e. The Labute approximate surface area is 94.1 Å². The van der Waals surface area contributed by atoms with Gasteiger partial charge in [-0.25, -0.2) is 0 Å². The second-order valence-corrected chi connectivity index (χ2v) is 3.63. The topological polar surface area (TPSA) is 29.3 Å². The van der Waals surface area contributed by atoms with Crippen LogP contribution in [0.5, 0.6) is 0 Å². The lowest BCUT2D eigenvalue weighted by molar-refractivity contribution is 0.159. The van der Waals surface area contributed by atoms with Crippen LogP contribution in [-0.4, -0.2) is 30.1 Å². The van der Waals surface area contributed by atoms with Crippen molar-refractivity contribution in [1.29, 1.82) is 0 Å². The normalized spacial score (nSPS) is 21.5. The summed E-state index contributed by atoms with van der Waals surface area (Å²) in [6.07, 6.45) is 3.63. The maximum atomic E-state index is 5.81. The van der Waals surface area contributed by atoms with Gasteiger partial charge < -0.3 is 10.6 Å². The molecule has 0 radical (unpaired) electrons. The molecule has 0 amide bonds. The van der Waals surface area contributed by atoms with E-state index in [2.05, 4.69) is 18.7 Å². The third kappa shape index (κ3) is 5.06. The summed E-state index contributed by atoms with van der Waals surface area (Å²) in [5, 5.41) is 0. The fourth-order valence-corrected chi connectivity index (χ4v) is 1.62. The van der Waals surface area contributed by atoms with Crippen LogP contribution in [0.1, 0.15) is 33.1 Å². The van der Waals surface area contributed by atoms with Gasteiger partial charge in [0.2, 0.25) is 0 Å². The molecular weight excluding hydrogens is 207 g/mol. The van der Waals surface area contributed by atoms with Crippen LogP contribution in [-0.2, 0) is 0 Å². The zero-order chi connectivity index (χ0) is 8.27. The molecule has 0 aliphatic carbocycles. The first-order valence-electron chi connectivity index (χ1n) is 4.73. The van der Waals surface area contributed by atoms with Gasteiger partial charge in [-0.1, -0.05) is 6.92 Å². The van der Waals surface area contributed by atoms with Crippen molar-refractivity contribution in [1.82, 2.24) is 4.90 Å². The summed E-state index contributed by atoms with van der Waals surface area (Å²) in [6, 6.07) is 1.22. The molecule has 1 unspecified atom stereocenters. The molecule has 0 saturated carbocycles. The highest BCUT2D eigenvalue weighted by Gasteiger charge is 2.18. The number of nitrogens with zero attached hydrogens (tertiary/aromatic N) is 1. The summed E-state index contributed by atoms with van der Waals surface area (Å²) in [7, 11) is 0. The molecule has 82 valence electrons. The van der Waals surface area contributed by atoms with Gasteiger partial charge in [-0.2, -0.15) is 0 Å². The summed E-state index contributed by atoms with van der Waals surface area (Å²) in [5.74, 6) is 0. The molecule has 2 N–H and O–H groups in total. The average Bonchev–Trinajstić information content (AvgIpc) is 2.05. The van der Waals surface area contributed by atoms with Crippen molar-refractivity contribution < 1.29 is 0 Å². The van der Waals surface area contributed by atoms with Crippen LogP contribution in [0.4, 0.5) is 0 Å². The summed E-state index contributed by atoms with van der Waals surface area (Å²) in [6.45, 7) is 6.96. The second-order valence-electron chi connectivity index (χ2n) is 3.63. The molecule has 1 aliphatic heterocycles. The zero-order valence-corrected chi connectivity index (χ0v) is 10.2. The Morgan fingerprint density at radius 3 is 2.15 bits per heavy atom. The van der Waals surface area contributed by atoms with E-state index in [9.17, 15) is 0 Å². The fraction of sp³-hybridized carbons (Fsp3) is 1.00. The lowest BCUT2D eigenvalue weighted by Crippen LogP contribution is -2.43. The van der Waals surface area contributed by atoms with Crippen LogP contribution in [0.2, 0.25) is 0 Å². The quantitative estimate of drug-likeness (QED) is 0.785. The first kappa shape index (κ1) is 15.9. The molecule has 0 aromatic rings. The molecule has 0 aromatic carbocycles. The van der Waals surface area contributed by atoms with Gasteiger partial charge in [0.15, 0.2) is 0 Å². The van der Waals surface area contributed by atoms with Gasteiger partial charge in [-0.05, 0) is 39.3 Å². The summed E-state index contributed by atoms with van der Waals surface area (Å²) >= 11 is 0.